The molecule has 0 saturated carbocycles. The molecule has 0 heterocycles. The van der Waals surface area contributed by atoms with Gasteiger partial charge in [0.05, 0.1) is 5.02 Å². The number of nitrogens with one attached hydrogen (secondary N) is 1. The predicted molar refractivity (Wildman–Crippen MR) is 87.6 cm³/mol. The Morgan fingerprint density at radius 2 is 1.89 bits per heavy atom. The molecule has 0 spiro atoms. The molecule has 0 fully saturated rings. The molecule has 0 aliphatic rings. The Balaban J connectivity index is 2.20. The molecule has 0 radical (unpaired) electrons. The van der Waals surface area contributed by atoms with Crippen molar-refractivity contribution in [2.75, 3.05) is 5.32 Å². The van der Waals surface area contributed by atoms with Crippen LogP contribution < -0.4 is 5.32 Å². The summed E-state index contributed by atoms with van der Waals surface area (Å²) in [4.78, 5) is 0. The Morgan fingerprint density at radius 1 is 1.16 bits per heavy atom. The average Bonchev–Trinajstić information content (AvgIpc) is 2.36. The summed E-state index contributed by atoms with van der Waals surface area (Å²) in [5.74, 6) is -0.404. The smallest absolute Gasteiger partial charge is 0.141 e. The monoisotopic (exact) mass is 409 g/mol. The van der Waals surface area contributed by atoms with Gasteiger partial charge in [0.1, 0.15) is 5.82 Å². The summed E-state index contributed by atoms with van der Waals surface area (Å²) in [6, 6.07) is 10.4. The summed E-state index contributed by atoms with van der Waals surface area (Å²) < 4.78 is 14.2. The van der Waals surface area contributed by atoms with Crippen molar-refractivity contribution in [2.24, 2.45) is 0 Å². The molecule has 0 bridgehead atoms. The Labute approximate surface area is 135 Å². The van der Waals surface area contributed by atoms with Gasteiger partial charge in [0.25, 0.3) is 0 Å². The van der Waals surface area contributed by atoms with Crippen LogP contribution in [0.2, 0.25) is 10.0 Å². The maximum Gasteiger partial charge on any atom is 0.141 e. The molecule has 0 aromatic heterocycles. The fourth-order valence-corrected chi connectivity index (χ4v) is 2.92. The number of anilines is 1. The zero-order valence-electron chi connectivity index (χ0n) is 10.1. The van der Waals surface area contributed by atoms with Crippen molar-refractivity contribution >= 4 is 51.5 Å². The van der Waals surface area contributed by atoms with Crippen molar-refractivity contribution in [2.45, 2.75) is 13.0 Å². The van der Waals surface area contributed by atoms with Gasteiger partial charge in [0, 0.05) is 20.3 Å². The standard InChI is InChI=1S/C14H11Cl2FIN/c1-8(9-2-4-12(17)11(16)6-9)19-14-5-3-10(15)7-13(14)18/h2-8,19H,1H3. The van der Waals surface area contributed by atoms with Crippen molar-refractivity contribution in [3.8, 4) is 0 Å². The lowest BCUT2D eigenvalue weighted by Crippen LogP contribution is -2.07. The van der Waals surface area contributed by atoms with Crippen molar-refractivity contribution in [3.63, 3.8) is 0 Å². The van der Waals surface area contributed by atoms with Crippen LogP contribution in [0.25, 0.3) is 0 Å². The molecular weight excluding hydrogens is 399 g/mol. The highest BCUT2D eigenvalue weighted by atomic mass is 127. The Morgan fingerprint density at radius 3 is 2.53 bits per heavy atom. The first-order valence-corrected chi connectivity index (χ1v) is 7.47. The Bertz CT molecular complexity index is 604. The third kappa shape index (κ3) is 3.74. The van der Waals surface area contributed by atoms with Crippen LogP contribution in [0.3, 0.4) is 0 Å². The van der Waals surface area contributed by atoms with Gasteiger partial charge in [-0.1, -0.05) is 29.3 Å². The van der Waals surface area contributed by atoms with Gasteiger partial charge in [0.15, 0.2) is 0 Å². The largest absolute Gasteiger partial charge is 0.378 e. The number of hydrogen-bond donors (Lipinski definition) is 1. The molecule has 1 nitrogen and oxygen atoms in total. The van der Waals surface area contributed by atoms with Gasteiger partial charge in [-0.05, 0) is 65.4 Å². The lowest BCUT2D eigenvalue weighted by molar-refractivity contribution is 0.627. The van der Waals surface area contributed by atoms with E-state index in [-0.39, 0.29) is 11.1 Å². The molecule has 2 aromatic carbocycles. The van der Waals surface area contributed by atoms with E-state index in [1.54, 1.807) is 12.1 Å². The topological polar surface area (TPSA) is 12.0 Å². The van der Waals surface area contributed by atoms with E-state index in [0.29, 0.717) is 5.02 Å². The Kier molecular flexibility index (Phi) is 4.92. The van der Waals surface area contributed by atoms with E-state index in [2.05, 4.69) is 27.9 Å². The van der Waals surface area contributed by atoms with E-state index in [1.807, 2.05) is 25.1 Å². The molecule has 1 N–H and O–H groups in total. The first-order chi connectivity index (χ1) is 8.97. The molecule has 1 unspecified atom stereocenters. The minimum atomic E-state index is -0.404. The SMILES string of the molecule is CC(Nc1ccc(Cl)cc1I)c1ccc(F)c(Cl)c1. The fraction of sp³-hybridized carbons (Fsp3) is 0.143. The summed E-state index contributed by atoms with van der Waals surface area (Å²) in [6.45, 7) is 1.99. The van der Waals surface area contributed by atoms with Crippen molar-refractivity contribution in [1.82, 2.24) is 0 Å². The maximum atomic E-state index is 13.1. The molecule has 1 atom stereocenters. The van der Waals surface area contributed by atoms with Crippen molar-refractivity contribution in [3.05, 3.63) is 61.4 Å². The minimum Gasteiger partial charge on any atom is -0.378 e. The number of rotatable bonds is 3. The lowest BCUT2D eigenvalue weighted by Gasteiger charge is -2.17. The third-order valence-corrected chi connectivity index (χ3v) is 4.16. The highest BCUT2D eigenvalue weighted by Gasteiger charge is 2.10. The molecule has 0 saturated heterocycles. The molecule has 0 aliphatic carbocycles. The van der Waals surface area contributed by atoms with Gasteiger partial charge in [-0.25, -0.2) is 4.39 Å². The first kappa shape index (κ1) is 14.9. The second kappa shape index (κ2) is 6.29. The van der Waals surface area contributed by atoms with Crippen LogP contribution in [-0.4, -0.2) is 0 Å². The normalized spacial score (nSPS) is 12.3. The van der Waals surface area contributed by atoms with Gasteiger partial charge in [0.2, 0.25) is 0 Å². The average molecular weight is 410 g/mol. The van der Waals surface area contributed by atoms with E-state index in [1.165, 1.54) is 6.07 Å². The summed E-state index contributed by atoms with van der Waals surface area (Å²) in [5, 5.41) is 4.19. The summed E-state index contributed by atoms with van der Waals surface area (Å²) in [7, 11) is 0. The van der Waals surface area contributed by atoms with Gasteiger partial charge in [-0.2, -0.15) is 0 Å². The Hall–Kier alpha value is -0.520. The predicted octanol–water partition coefficient (Wildman–Crippen LogP) is 5.91. The zero-order valence-corrected chi connectivity index (χ0v) is 13.7. The van der Waals surface area contributed by atoms with Gasteiger partial charge in [-0.15, -0.1) is 0 Å². The number of halogens is 4. The van der Waals surface area contributed by atoms with Crippen LogP contribution in [0.5, 0.6) is 0 Å². The highest BCUT2D eigenvalue weighted by Crippen LogP contribution is 2.27. The third-order valence-electron chi connectivity index (χ3n) is 2.75. The van der Waals surface area contributed by atoms with Gasteiger partial charge in [-0.3, -0.25) is 0 Å². The van der Waals surface area contributed by atoms with E-state index in [4.69, 9.17) is 23.2 Å². The molecule has 19 heavy (non-hydrogen) atoms. The zero-order chi connectivity index (χ0) is 14.0. The molecule has 5 heteroatoms. The maximum absolute atomic E-state index is 13.1. The van der Waals surface area contributed by atoms with E-state index >= 15 is 0 Å². The molecular formula is C14H11Cl2FIN. The van der Waals surface area contributed by atoms with Crippen molar-refractivity contribution < 1.29 is 4.39 Å². The quantitative estimate of drug-likeness (QED) is 0.621. The second-order valence-corrected chi connectivity index (χ2v) is 6.17. The van der Waals surface area contributed by atoms with Crippen LogP contribution in [0.4, 0.5) is 10.1 Å². The van der Waals surface area contributed by atoms with Crippen LogP contribution in [0.15, 0.2) is 36.4 Å². The first-order valence-electron chi connectivity index (χ1n) is 5.64. The molecule has 2 aromatic rings. The summed E-state index contributed by atoms with van der Waals surface area (Å²) in [5.41, 5.74) is 1.91. The van der Waals surface area contributed by atoms with Crippen LogP contribution in [-0.2, 0) is 0 Å². The molecule has 0 aliphatic heterocycles. The highest BCUT2D eigenvalue weighted by molar-refractivity contribution is 14.1. The van der Waals surface area contributed by atoms with Crippen molar-refractivity contribution in [1.29, 1.82) is 0 Å². The van der Waals surface area contributed by atoms with Gasteiger partial charge >= 0.3 is 0 Å². The van der Waals surface area contributed by atoms with E-state index < -0.39 is 5.82 Å². The van der Waals surface area contributed by atoms with Crippen LogP contribution >= 0.6 is 45.8 Å². The lowest BCUT2D eigenvalue weighted by atomic mass is 10.1. The van der Waals surface area contributed by atoms with Crippen LogP contribution in [0, 0.1) is 9.39 Å². The summed E-state index contributed by atoms with van der Waals surface area (Å²) in [6.07, 6.45) is 0. The minimum absolute atomic E-state index is 0.0211. The molecule has 0 amide bonds. The molecule has 2 rings (SSSR count). The number of hydrogen-bond acceptors (Lipinski definition) is 1. The fourth-order valence-electron chi connectivity index (χ4n) is 1.70. The van der Waals surface area contributed by atoms with E-state index in [0.717, 1.165) is 14.8 Å². The summed E-state index contributed by atoms with van der Waals surface area (Å²) >= 11 is 13.9. The second-order valence-electron chi connectivity index (χ2n) is 4.16. The van der Waals surface area contributed by atoms with Gasteiger partial charge < -0.3 is 5.32 Å². The van der Waals surface area contributed by atoms with Crippen LogP contribution in [0.1, 0.15) is 18.5 Å². The number of benzene rings is 2. The van der Waals surface area contributed by atoms with E-state index in [9.17, 15) is 4.39 Å². The molecule has 100 valence electrons.